The van der Waals surface area contributed by atoms with Crippen LogP contribution in [-0.2, 0) is 19.1 Å². The average molecular weight is 375 g/mol. The van der Waals surface area contributed by atoms with Gasteiger partial charge in [-0.05, 0) is 55.6 Å². The lowest BCUT2D eigenvalue weighted by molar-refractivity contribution is -0.156. The molecule has 4 nitrogen and oxygen atoms in total. The second-order valence-electron chi connectivity index (χ2n) is 7.92. The number of hydrogen-bond acceptors (Lipinski definition) is 4. The molecule has 0 aromatic carbocycles. The minimum atomic E-state index is -1.02. The molecule has 1 aliphatic carbocycles. The van der Waals surface area contributed by atoms with Crippen LogP contribution in [0.3, 0.4) is 0 Å². The van der Waals surface area contributed by atoms with Gasteiger partial charge in [0.1, 0.15) is 0 Å². The van der Waals surface area contributed by atoms with Crippen LogP contribution in [0.2, 0.25) is 0 Å². The van der Waals surface area contributed by atoms with Gasteiger partial charge >= 0.3 is 11.9 Å². The molecule has 0 radical (unpaired) electrons. The molecular formula is C23H34O4. The first-order chi connectivity index (χ1) is 12.6. The third-order valence-corrected chi connectivity index (χ3v) is 5.21. The summed E-state index contributed by atoms with van der Waals surface area (Å²) in [5.41, 5.74) is 3.74. The van der Waals surface area contributed by atoms with Crippen LogP contribution in [0.5, 0.6) is 0 Å². The number of methoxy groups -OCH3 is 2. The number of hydrogen-bond donors (Lipinski definition) is 0. The van der Waals surface area contributed by atoms with E-state index in [9.17, 15) is 9.59 Å². The number of carbonyl (C=O) groups excluding carboxylic acids is 2. The molecule has 0 saturated carbocycles. The van der Waals surface area contributed by atoms with E-state index in [1.807, 2.05) is 12.2 Å². The predicted octanol–water partition coefficient (Wildman–Crippen LogP) is 5.17. The van der Waals surface area contributed by atoms with Gasteiger partial charge in [0.25, 0.3) is 0 Å². The van der Waals surface area contributed by atoms with Crippen LogP contribution in [0.25, 0.3) is 0 Å². The average Bonchev–Trinajstić information content (AvgIpc) is 2.60. The molecule has 0 spiro atoms. The molecule has 1 unspecified atom stereocenters. The maximum Gasteiger partial charge on any atom is 0.324 e. The Kier molecular flexibility index (Phi) is 8.74. The first-order valence-electron chi connectivity index (χ1n) is 9.53. The molecule has 0 aliphatic heterocycles. The van der Waals surface area contributed by atoms with E-state index in [-0.39, 0.29) is 11.3 Å². The highest BCUT2D eigenvalue weighted by atomic mass is 16.5. The van der Waals surface area contributed by atoms with E-state index in [0.29, 0.717) is 5.57 Å². The van der Waals surface area contributed by atoms with Crippen molar-refractivity contribution in [3.05, 3.63) is 47.1 Å². The van der Waals surface area contributed by atoms with Gasteiger partial charge in [-0.2, -0.15) is 0 Å². The highest BCUT2D eigenvalue weighted by Gasteiger charge is 2.30. The third kappa shape index (κ3) is 6.53. The Morgan fingerprint density at radius 2 is 1.70 bits per heavy atom. The van der Waals surface area contributed by atoms with E-state index in [1.54, 1.807) is 13.0 Å². The van der Waals surface area contributed by atoms with Crippen LogP contribution in [0, 0.1) is 17.3 Å². The van der Waals surface area contributed by atoms with Crippen LogP contribution < -0.4 is 0 Å². The van der Waals surface area contributed by atoms with Crippen LogP contribution >= 0.6 is 0 Å². The van der Waals surface area contributed by atoms with Crippen LogP contribution in [0.15, 0.2) is 47.1 Å². The van der Waals surface area contributed by atoms with Crippen molar-refractivity contribution in [2.24, 2.45) is 17.3 Å². The smallest absolute Gasteiger partial charge is 0.324 e. The maximum atomic E-state index is 11.8. The number of rotatable bonds is 7. The van der Waals surface area contributed by atoms with Crippen molar-refractivity contribution in [3.8, 4) is 0 Å². The summed E-state index contributed by atoms with van der Waals surface area (Å²) in [6.45, 7) is 10.7. The van der Waals surface area contributed by atoms with Gasteiger partial charge in [0.15, 0.2) is 5.92 Å². The molecule has 0 amide bonds. The second kappa shape index (κ2) is 10.3. The predicted molar refractivity (Wildman–Crippen MR) is 109 cm³/mol. The minimum absolute atomic E-state index is 0.229. The molecule has 4 heteroatoms. The minimum Gasteiger partial charge on any atom is -0.468 e. The Bertz CT molecular complexity index is 646. The van der Waals surface area contributed by atoms with Gasteiger partial charge in [-0.15, -0.1) is 0 Å². The molecule has 0 fully saturated rings. The quantitative estimate of drug-likeness (QED) is 0.350. The maximum absolute atomic E-state index is 11.8. The zero-order valence-corrected chi connectivity index (χ0v) is 17.8. The Morgan fingerprint density at radius 3 is 2.22 bits per heavy atom. The second-order valence-corrected chi connectivity index (χ2v) is 7.92. The molecule has 1 atom stereocenters. The van der Waals surface area contributed by atoms with E-state index >= 15 is 0 Å². The lowest BCUT2D eigenvalue weighted by atomic mass is 9.72. The van der Waals surface area contributed by atoms with Gasteiger partial charge in [0.2, 0.25) is 0 Å². The molecule has 150 valence electrons. The fraction of sp³-hybridized carbons (Fsp3) is 0.565. The zero-order chi connectivity index (χ0) is 20.6. The van der Waals surface area contributed by atoms with Crippen LogP contribution in [0.4, 0.5) is 0 Å². The largest absolute Gasteiger partial charge is 0.468 e. The Hall–Kier alpha value is -2.10. The van der Waals surface area contributed by atoms with E-state index in [2.05, 4.69) is 39.8 Å². The number of ether oxygens (including phenoxy) is 2. The molecular weight excluding hydrogens is 340 g/mol. The lowest BCUT2D eigenvalue weighted by Gasteiger charge is -2.33. The van der Waals surface area contributed by atoms with E-state index in [0.717, 1.165) is 0 Å². The van der Waals surface area contributed by atoms with E-state index < -0.39 is 17.9 Å². The zero-order valence-electron chi connectivity index (χ0n) is 17.8. The summed E-state index contributed by atoms with van der Waals surface area (Å²) < 4.78 is 9.40. The van der Waals surface area contributed by atoms with Gasteiger partial charge in [-0.1, -0.05) is 56.7 Å². The van der Waals surface area contributed by atoms with Crippen molar-refractivity contribution in [3.63, 3.8) is 0 Å². The SMILES string of the molecule is COC(=O)C(C(=O)OC)C(C)=CC=CC(C)C=CC1=C(C)CCCC1(C)C. The monoisotopic (exact) mass is 374 g/mol. The van der Waals surface area contributed by atoms with E-state index in [1.165, 1.54) is 44.6 Å². The fourth-order valence-corrected chi connectivity index (χ4v) is 3.51. The normalized spacial score (nSPS) is 19.0. The summed E-state index contributed by atoms with van der Waals surface area (Å²) in [6, 6.07) is 0. The summed E-state index contributed by atoms with van der Waals surface area (Å²) in [5, 5.41) is 0. The Balaban J connectivity index is 2.85. The Morgan fingerprint density at radius 1 is 1.11 bits per heavy atom. The molecule has 1 rings (SSSR count). The fourth-order valence-electron chi connectivity index (χ4n) is 3.51. The van der Waals surface area contributed by atoms with Gasteiger partial charge in [0, 0.05) is 0 Å². The summed E-state index contributed by atoms with van der Waals surface area (Å²) in [5.74, 6) is -2.01. The van der Waals surface area contributed by atoms with Crippen molar-refractivity contribution < 1.29 is 19.1 Å². The van der Waals surface area contributed by atoms with Crippen molar-refractivity contribution in [2.45, 2.75) is 53.9 Å². The van der Waals surface area contributed by atoms with E-state index in [4.69, 9.17) is 9.47 Å². The van der Waals surface area contributed by atoms with Gasteiger partial charge in [-0.25, -0.2) is 0 Å². The molecule has 0 saturated heterocycles. The standard InChI is InChI=1S/C23H34O4/c1-16(13-14-19-17(2)12-9-15-23(19,4)5)10-8-11-18(3)20(21(24)26-6)22(25)27-7/h8,10-11,13-14,16,20H,9,12,15H2,1-7H3. The topological polar surface area (TPSA) is 52.6 Å². The molecule has 1 aliphatic rings. The molecule has 27 heavy (non-hydrogen) atoms. The first kappa shape index (κ1) is 22.9. The highest BCUT2D eigenvalue weighted by molar-refractivity contribution is 5.98. The Labute approximate surface area is 164 Å². The van der Waals surface area contributed by atoms with Crippen LogP contribution in [0.1, 0.15) is 53.9 Å². The summed E-state index contributed by atoms with van der Waals surface area (Å²) in [7, 11) is 2.52. The highest BCUT2D eigenvalue weighted by Crippen LogP contribution is 2.40. The molecule has 0 heterocycles. The number of allylic oxidation sites excluding steroid dienone is 7. The molecule has 0 aromatic heterocycles. The number of esters is 2. The van der Waals surface area contributed by atoms with Crippen molar-refractivity contribution in [1.29, 1.82) is 0 Å². The van der Waals surface area contributed by atoms with Gasteiger partial charge < -0.3 is 9.47 Å². The molecule has 0 N–H and O–H groups in total. The third-order valence-electron chi connectivity index (χ3n) is 5.21. The van der Waals surface area contributed by atoms with Gasteiger partial charge in [0.05, 0.1) is 14.2 Å². The lowest BCUT2D eigenvalue weighted by Crippen LogP contribution is -2.27. The van der Waals surface area contributed by atoms with Crippen molar-refractivity contribution in [2.75, 3.05) is 14.2 Å². The van der Waals surface area contributed by atoms with Gasteiger partial charge in [-0.3, -0.25) is 9.59 Å². The summed E-state index contributed by atoms with van der Waals surface area (Å²) in [6.07, 6.45) is 13.8. The van der Waals surface area contributed by atoms with Crippen molar-refractivity contribution >= 4 is 11.9 Å². The molecule has 0 bridgehead atoms. The van der Waals surface area contributed by atoms with Crippen LogP contribution in [-0.4, -0.2) is 26.2 Å². The first-order valence-corrected chi connectivity index (χ1v) is 9.53. The summed E-state index contributed by atoms with van der Waals surface area (Å²) in [4.78, 5) is 23.6. The summed E-state index contributed by atoms with van der Waals surface area (Å²) >= 11 is 0. The van der Waals surface area contributed by atoms with Crippen molar-refractivity contribution in [1.82, 2.24) is 0 Å². The molecule has 0 aromatic rings. The number of carbonyl (C=O) groups is 2.